The number of hydrogen-bond donors (Lipinski definition) is 0. The van der Waals surface area contributed by atoms with Gasteiger partial charge in [-0.2, -0.15) is 11.3 Å². The number of thiophene rings is 1. The van der Waals surface area contributed by atoms with Crippen molar-refractivity contribution in [1.29, 1.82) is 0 Å². The normalized spacial score (nSPS) is 10.6. The molecule has 6 heteroatoms. The summed E-state index contributed by atoms with van der Waals surface area (Å²) in [4.78, 5) is 16.4. The van der Waals surface area contributed by atoms with Crippen LogP contribution in [0.15, 0.2) is 50.9 Å². The second-order valence-corrected chi connectivity index (χ2v) is 7.17. The Morgan fingerprint density at radius 1 is 1.18 bits per heavy atom. The van der Waals surface area contributed by atoms with Crippen LogP contribution < -0.4 is 0 Å². The van der Waals surface area contributed by atoms with Gasteiger partial charge < -0.3 is 4.74 Å². The number of esters is 1. The third-order valence-electron chi connectivity index (χ3n) is 2.96. The fourth-order valence-corrected chi connectivity index (χ4v) is 3.65. The van der Waals surface area contributed by atoms with Crippen LogP contribution in [0.4, 0.5) is 0 Å². The molecule has 0 atom stereocenters. The summed E-state index contributed by atoms with van der Waals surface area (Å²) in [7, 11) is 0. The summed E-state index contributed by atoms with van der Waals surface area (Å²) in [5.41, 5.74) is 2.82. The molecule has 112 valence electrons. The van der Waals surface area contributed by atoms with E-state index in [0.29, 0.717) is 0 Å². The third kappa shape index (κ3) is 4.03. The molecule has 0 bridgehead atoms. The summed E-state index contributed by atoms with van der Waals surface area (Å²) in [6.45, 7) is 0.285. The van der Waals surface area contributed by atoms with Crippen molar-refractivity contribution in [3.63, 3.8) is 0 Å². The molecule has 0 N–H and O–H groups in total. The summed E-state index contributed by atoms with van der Waals surface area (Å²) in [5.74, 6) is -0.259. The van der Waals surface area contributed by atoms with Crippen molar-refractivity contribution in [2.75, 3.05) is 0 Å². The molecule has 0 amide bonds. The Labute approximate surface area is 144 Å². The molecule has 2 heterocycles. The third-order valence-corrected chi connectivity index (χ3v) is 5.11. The number of thiazole rings is 1. The molecule has 0 unspecified atom stereocenters. The first-order valence-corrected chi connectivity index (χ1v) is 9.19. The Bertz CT molecular complexity index is 751. The van der Waals surface area contributed by atoms with Crippen LogP contribution in [0.3, 0.4) is 0 Å². The standard InChI is InChI=1S/C16H12BrNO2S2/c17-13-3-1-11(2-4-13)8-20-15(19)7-14-10-22-16(18-14)12-5-6-21-9-12/h1-6,9-10H,7-8H2. The van der Waals surface area contributed by atoms with Gasteiger partial charge in [-0.1, -0.05) is 28.1 Å². The fraction of sp³-hybridized carbons (Fsp3) is 0.125. The summed E-state index contributed by atoms with van der Waals surface area (Å²) in [6.07, 6.45) is 0.206. The quantitative estimate of drug-likeness (QED) is 0.577. The second kappa shape index (κ2) is 7.17. The second-order valence-electron chi connectivity index (χ2n) is 4.62. The molecule has 22 heavy (non-hydrogen) atoms. The predicted octanol–water partition coefficient (Wildman–Crippen LogP) is 4.92. The predicted molar refractivity (Wildman–Crippen MR) is 93.1 cm³/mol. The van der Waals surface area contributed by atoms with E-state index >= 15 is 0 Å². The van der Waals surface area contributed by atoms with Crippen molar-refractivity contribution < 1.29 is 9.53 Å². The van der Waals surface area contributed by atoms with Gasteiger partial charge in [0.15, 0.2) is 0 Å². The smallest absolute Gasteiger partial charge is 0.312 e. The lowest BCUT2D eigenvalue weighted by Gasteiger charge is -2.04. The van der Waals surface area contributed by atoms with Gasteiger partial charge in [0.25, 0.3) is 0 Å². The van der Waals surface area contributed by atoms with Gasteiger partial charge in [-0.25, -0.2) is 4.98 Å². The minimum absolute atomic E-state index is 0.206. The molecule has 0 spiro atoms. The molecule has 3 rings (SSSR count). The zero-order valence-corrected chi connectivity index (χ0v) is 14.7. The molecular weight excluding hydrogens is 382 g/mol. The van der Waals surface area contributed by atoms with Crippen LogP contribution in [0.5, 0.6) is 0 Å². The van der Waals surface area contributed by atoms with Crippen LogP contribution in [0.1, 0.15) is 11.3 Å². The Morgan fingerprint density at radius 3 is 2.73 bits per heavy atom. The van der Waals surface area contributed by atoms with E-state index in [1.807, 2.05) is 41.1 Å². The average molecular weight is 394 g/mol. The SMILES string of the molecule is O=C(Cc1csc(-c2ccsc2)n1)OCc1ccc(Br)cc1. The van der Waals surface area contributed by atoms with Crippen molar-refractivity contribution in [2.45, 2.75) is 13.0 Å². The Hall–Kier alpha value is -1.50. The van der Waals surface area contributed by atoms with Crippen LogP contribution in [0.25, 0.3) is 10.6 Å². The fourth-order valence-electron chi connectivity index (χ4n) is 1.85. The zero-order valence-electron chi connectivity index (χ0n) is 11.5. The lowest BCUT2D eigenvalue weighted by molar-refractivity contribution is -0.144. The van der Waals surface area contributed by atoms with Gasteiger partial charge in [0.1, 0.15) is 11.6 Å². The number of carbonyl (C=O) groups excluding carboxylic acids is 1. The van der Waals surface area contributed by atoms with Gasteiger partial charge in [-0.15, -0.1) is 11.3 Å². The monoisotopic (exact) mass is 393 g/mol. The Balaban J connectivity index is 1.54. The number of benzene rings is 1. The molecule has 3 nitrogen and oxygen atoms in total. The van der Waals surface area contributed by atoms with Crippen LogP contribution in [0.2, 0.25) is 0 Å². The highest BCUT2D eigenvalue weighted by Gasteiger charge is 2.10. The van der Waals surface area contributed by atoms with Gasteiger partial charge in [-0.3, -0.25) is 4.79 Å². The van der Waals surface area contributed by atoms with E-state index in [1.54, 1.807) is 22.7 Å². The molecule has 0 aliphatic carbocycles. The lowest BCUT2D eigenvalue weighted by Crippen LogP contribution is -2.08. The van der Waals surface area contributed by atoms with Crippen molar-refractivity contribution in [2.24, 2.45) is 0 Å². The van der Waals surface area contributed by atoms with Crippen LogP contribution in [0, 0.1) is 0 Å². The van der Waals surface area contributed by atoms with Crippen molar-refractivity contribution in [1.82, 2.24) is 4.98 Å². The molecule has 0 aliphatic heterocycles. The first-order valence-electron chi connectivity index (χ1n) is 6.58. The maximum atomic E-state index is 11.9. The van der Waals surface area contributed by atoms with E-state index in [2.05, 4.69) is 26.3 Å². The lowest BCUT2D eigenvalue weighted by atomic mass is 10.2. The van der Waals surface area contributed by atoms with E-state index in [1.165, 1.54) is 0 Å². The van der Waals surface area contributed by atoms with Crippen molar-refractivity contribution in [3.8, 4) is 10.6 Å². The largest absolute Gasteiger partial charge is 0.461 e. The first-order chi connectivity index (χ1) is 10.7. The Kier molecular flexibility index (Phi) is 5.02. The molecule has 0 saturated heterocycles. The average Bonchev–Trinajstić information content (AvgIpc) is 3.17. The van der Waals surface area contributed by atoms with Crippen LogP contribution in [-0.2, 0) is 22.6 Å². The van der Waals surface area contributed by atoms with Gasteiger partial charge in [0.2, 0.25) is 0 Å². The maximum absolute atomic E-state index is 11.9. The number of halogens is 1. The first kappa shape index (κ1) is 15.4. The summed E-state index contributed by atoms with van der Waals surface area (Å²) in [6, 6.07) is 9.73. The molecule has 2 aromatic heterocycles. The molecule has 0 saturated carbocycles. The Morgan fingerprint density at radius 2 is 2.00 bits per heavy atom. The number of nitrogens with zero attached hydrogens (tertiary/aromatic N) is 1. The molecule has 0 aliphatic rings. The van der Waals surface area contributed by atoms with E-state index in [-0.39, 0.29) is 19.0 Å². The van der Waals surface area contributed by atoms with Crippen LogP contribution >= 0.6 is 38.6 Å². The molecular formula is C16H12BrNO2S2. The summed E-state index contributed by atoms with van der Waals surface area (Å²) < 4.78 is 6.29. The van der Waals surface area contributed by atoms with E-state index in [4.69, 9.17) is 4.74 Å². The van der Waals surface area contributed by atoms with E-state index < -0.39 is 0 Å². The summed E-state index contributed by atoms with van der Waals surface area (Å²) >= 11 is 6.56. The topological polar surface area (TPSA) is 39.2 Å². The van der Waals surface area contributed by atoms with Gasteiger partial charge in [0, 0.05) is 20.8 Å². The number of hydrogen-bond acceptors (Lipinski definition) is 5. The van der Waals surface area contributed by atoms with E-state index in [9.17, 15) is 4.79 Å². The highest BCUT2D eigenvalue weighted by molar-refractivity contribution is 9.10. The number of rotatable bonds is 5. The molecule has 3 aromatic rings. The minimum Gasteiger partial charge on any atom is -0.461 e. The zero-order chi connectivity index (χ0) is 15.4. The number of aromatic nitrogens is 1. The number of ether oxygens (including phenoxy) is 1. The molecule has 1 aromatic carbocycles. The summed E-state index contributed by atoms with van der Waals surface area (Å²) in [5, 5.41) is 6.92. The van der Waals surface area contributed by atoms with E-state index in [0.717, 1.165) is 26.3 Å². The molecule has 0 fully saturated rings. The maximum Gasteiger partial charge on any atom is 0.312 e. The van der Waals surface area contributed by atoms with Gasteiger partial charge >= 0.3 is 5.97 Å². The van der Waals surface area contributed by atoms with Crippen molar-refractivity contribution >= 4 is 44.6 Å². The highest BCUT2D eigenvalue weighted by atomic mass is 79.9. The highest BCUT2D eigenvalue weighted by Crippen LogP contribution is 2.25. The van der Waals surface area contributed by atoms with Crippen molar-refractivity contribution in [3.05, 3.63) is 62.2 Å². The molecule has 0 radical (unpaired) electrons. The van der Waals surface area contributed by atoms with Crippen LogP contribution in [-0.4, -0.2) is 11.0 Å². The van der Waals surface area contributed by atoms with Gasteiger partial charge in [0.05, 0.1) is 12.1 Å². The number of carbonyl (C=O) groups is 1. The minimum atomic E-state index is -0.259. The van der Waals surface area contributed by atoms with Gasteiger partial charge in [-0.05, 0) is 29.1 Å².